The standard InChI is InChI=1S/C10H12N2O.ClH/c13-10(12-7-8-4-5-8)9-3-1-2-6-11-9;/h1-3,6,8H,4-5,7H2,(H,12,13);1H. The summed E-state index contributed by atoms with van der Waals surface area (Å²) in [5.41, 5.74) is 0.503. The zero-order chi connectivity index (χ0) is 9.10. The summed E-state index contributed by atoms with van der Waals surface area (Å²) in [5, 5.41) is 2.86. The second-order valence-electron chi connectivity index (χ2n) is 3.37. The number of nitrogens with one attached hydrogen (secondary N) is 1. The van der Waals surface area contributed by atoms with Crippen molar-refractivity contribution >= 4 is 18.3 Å². The van der Waals surface area contributed by atoms with E-state index in [0.717, 1.165) is 6.54 Å². The zero-order valence-electron chi connectivity index (χ0n) is 7.77. The fourth-order valence-corrected chi connectivity index (χ4v) is 1.15. The van der Waals surface area contributed by atoms with Crippen LogP contribution >= 0.6 is 12.4 Å². The molecule has 0 aromatic carbocycles. The lowest BCUT2D eigenvalue weighted by molar-refractivity contribution is 0.0947. The number of pyridine rings is 1. The third-order valence-electron chi connectivity index (χ3n) is 2.15. The van der Waals surface area contributed by atoms with Crippen molar-refractivity contribution in [2.45, 2.75) is 12.8 Å². The highest BCUT2D eigenvalue weighted by Crippen LogP contribution is 2.27. The van der Waals surface area contributed by atoms with Crippen molar-refractivity contribution in [3.63, 3.8) is 0 Å². The van der Waals surface area contributed by atoms with Crippen LogP contribution in [0, 0.1) is 5.92 Å². The van der Waals surface area contributed by atoms with Gasteiger partial charge in [-0.25, -0.2) is 0 Å². The summed E-state index contributed by atoms with van der Waals surface area (Å²) in [6.07, 6.45) is 4.14. The molecule has 1 aromatic heterocycles. The summed E-state index contributed by atoms with van der Waals surface area (Å²) in [4.78, 5) is 15.4. The van der Waals surface area contributed by atoms with Gasteiger partial charge in [-0.05, 0) is 30.9 Å². The van der Waals surface area contributed by atoms with Crippen molar-refractivity contribution in [3.8, 4) is 0 Å². The van der Waals surface area contributed by atoms with Gasteiger partial charge < -0.3 is 5.32 Å². The molecule has 1 N–H and O–H groups in total. The predicted octanol–water partition coefficient (Wildman–Crippen LogP) is 1.64. The van der Waals surface area contributed by atoms with Crippen LogP contribution in [0.4, 0.5) is 0 Å². The lowest BCUT2D eigenvalue weighted by atomic mass is 10.3. The highest BCUT2D eigenvalue weighted by molar-refractivity contribution is 5.92. The summed E-state index contributed by atoms with van der Waals surface area (Å²) < 4.78 is 0. The van der Waals surface area contributed by atoms with Gasteiger partial charge in [0.05, 0.1) is 0 Å². The second-order valence-corrected chi connectivity index (χ2v) is 3.37. The van der Waals surface area contributed by atoms with Crippen LogP contribution in [0.5, 0.6) is 0 Å². The van der Waals surface area contributed by atoms with Crippen molar-refractivity contribution in [3.05, 3.63) is 30.1 Å². The molecule has 4 heteroatoms. The third-order valence-corrected chi connectivity index (χ3v) is 2.15. The van der Waals surface area contributed by atoms with Crippen LogP contribution < -0.4 is 5.32 Å². The average molecular weight is 213 g/mol. The predicted molar refractivity (Wildman–Crippen MR) is 56.5 cm³/mol. The van der Waals surface area contributed by atoms with Gasteiger partial charge in [-0.1, -0.05) is 6.07 Å². The normalized spacial score (nSPS) is 14.3. The lowest BCUT2D eigenvalue weighted by Gasteiger charge is -2.01. The minimum Gasteiger partial charge on any atom is -0.350 e. The molecule has 14 heavy (non-hydrogen) atoms. The summed E-state index contributed by atoms with van der Waals surface area (Å²) in [7, 11) is 0. The molecule has 1 aromatic rings. The molecular weight excluding hydrogens is 200 g/mol. The Labute approximate surface area is 89.3 Å². The number of hydrogen-bond donors (Lipinski definition) is 1. The number of rotatable bonds is 3. The molecule has 0 aliphatic heterocycles. The molecule has 0 bridgehead atoms. The van der Waals surface area contributed by atoms with Gasteiger partial charge in [0.2, 0.25) is 0 Å². The van der Waals surface area contributed by atoms with Gasteiger partial charge in [0.15, 0.2) is 0 Å². The zero-order valence-corrected chi connectivity index (χ0v) is 8.59. The maximum absolute atomic E-state index is 11.4. The number of hydrogen-bond acceptors (Lipinski definition) is 2. The van der Waals surface area contributed by atoms with Crippen molar-refractivity contribution < 1.29 is 4.79 Å². The van der Waals surface area contributed by atoms with E-state index in [0.29, 0.717) is 11.6 Å². The SMILES string of the molecule is Cl.O=C(NCC1CC1)c1ccccn1. The molecular formula is C10H13ClN2O. The fraction of sp³-hybridized carbons (Fsp3) is 0.400. The highest BCUT2D eigenvalue weighted by Gasteiger charge is 2.21. The van der Waals surface area contributed by atoms with Gasteiger partial charge >= 0.3 is 0 Å². The molecule has 3 nitrogen and oxygen atoms in total. The maximum atomic E-state index is 11.4. The van der Waals surface area contributed by atoms with Crippen LogP contribution in [0.15, 0.2) is 24.4 Å². The van der Waals surface area contributed by atoms with Crippen molar-refractivity contribution in [1.82, 2.24) is 10.3 Å². The van der Waals surface area contributed by atoms with Gasteiger partial charge in [-0.2, -0.15) is 0 Å². The Bertz CT molecular complexity index is 298. The lowest BCUT2D eigenvalue weighted by Crippen LogP contribution is -2.26. The molecule has 1 saturated carbocycles. The number of aromatic nitrogens is 1. The summed E-state index contributed by atoms with van der Waals surface area (Å²) in [6.45, 7) is 0.801. The van der Waals surface area contributed by atoms with Crippen LogP contribution in [0.2, 0.25) is 0 Å². The molecule has 76 valence electrons. The number of nitrogens with zero attached hydrogens (tertiary/aromatic N) is 1. The van der Waals surface area contributed by atoms with Crippen LogP contribution in [0.3, 0.4) is 0 Å². The number of halogens is 1. The van der Waals surface area contributed by atoms with E-state index < -0.39 is 0 Å². The number of carbonyl (C=O) groups is 1. The first kappa shape index (κ1) is 11.0. The second kappa shape index (κ2) is 4.96. The van der Waals surface area contributed by atoms with E-state index in [-0.39, 0.29) is 18.3 Å². The Morgan fingerprint density at radius 3 is 2.86 bits per heavy atom. The summed E-state index contributed by atoms with van der Waals surface area (Å²) >= 11 is 0. The van der Waals surface area contributed by atoms with Gasteiger partial charge in [0.1, 0.15) is 5.69 Å². The van der Waals surface area contributed by atoms with Crippen LogP contribution in [-0.2, 0) is 0 Å². The number of carbonyl (C=O) groups excluding carboxylic acids is 1. The van der Waals surface area contributed by atoms with Crippen LogP contribution in [-0.4, -0.2) is 17.4 Å². The molecule has 1 fully saturated rings. The van der Waals surface area contributed by atoms with Crippen molar-refractivity contribution in [2.24, 2.45) is 5.92 Å². The van der Waals surface area contributed by atoms with Gasteiger partial charge in [0, 0.05) is 12.7 Å². The van der Waals surface area contributed by atoms with E-state index in [9.17, 15) is 4.79 Å². The first-order chi connectivity index (χ1) is 6.36. The van der Waals surface area contributed by atoms with Gasteiger partial charge in [-0.3, -0.25) is 9.78 Å². The Morgan fingerprint density at radius 1 is 1.50 bits per heavy atom. The summed E-state index contributed by atoms with van der Waals surface area (Å²) in [5.74, 6) is 0.653. The van der Waals surface area contributed by atoms with E-state index in [1.165, 1.54) is 12.8 Å². The summed E-state index contributed by atoms with van der Waals surface area (Å²) in [6, 6.07) is 5.35. The van der Waals surface area contributed by atoms with Crippen molar-refractivity contribution in [2.75, 3.05) is 6.54 Å². The van der Waals surface area contributed by atoms with E-state index in [4.69, 9.17) is 0 Å². The van der Waals surface area contributed by atoms with Crippen molar-refractivity contribution in [1.29, 1.82) is 0 Å². The third kappa shape index (κ3) is 3.00. The van der Waals surface area contributed by atoms with Gasteiger partial charge in [0.25, 0.3) is 5.91 Å². The molecule has 1 aliphatic rings. The Balaban J connectivity index is 0.000000980. The largest absolute Gasteiger partial charge is 0.350 e. The van der Waals surface area contributed by atoms with Gasteiger partial charge in [-0.15, -0.1) is 12.4 Å². The molecule has 0 radical (unpaired) electrons. The fourth-order valence-electron chi connectivity index (χ4n) is 1.15. The minimum absolute atomic E-state index is 0. The molecule has 1 aliphatic carbocycles. The number of amides is 1. The topological polar surface area (TPSA) is 42.0 Å². The van der Waals surface area contributed by atoms with E-state index in [2.05, 4.69) is 10.3 Å². The van der Waals surface area contributed by atoms with E-state index in [1.807, 2.05) is 6.07 Å². The quantitative estimate of drug-likeness (QED) is 0.828. The molecule has 2 rings (SSSR count). The molecule has 0 spiro atoms. The first-order valence-corrected chi connectivity index (χ1v) is 4.55. The molecule has 0 atom stereocenters. The highest BCUT2D eigenvalue weighted by atomic mass is 35.5. The minimum atomic E-state index is -0.0625. The Morgan fingerprint density at radius 2 is 2.29 bits per heavy atom. The van der Waals surface area contributed by atoms with Crippen LogP contribution in [0.25, 0.3) is 0 Å². The molecule has 1 amide bonds. The molecule has 0 unspecified atom stereocenters. The Kier molecular flexibility index (Phi) is 3.89. The maximum Gasteiger partial charge on any atom is 0.269 e. The van der Waals surface area contributed by atoms with Crippen LogP contribution in [0.1, 0.15) is 23.3 Å². The Hall–Kier alpha value is -1.09. The monoisotopic (exact) mass is 212 g/mol. The molecule has 0 saturated heterocycles. The van der Waals surface area contributed by atoms with E-state index in [1.54, 1.807) is 18.3 Å². The smallest absolute Gasteiger partial charge is 0.269 e. The first-order valence-electron chi connectivity index (χ1n) is 4.55. The van der Waals surface area contributed by atoms with E-state index >= 15 is 0 Å². The molecule has 1 heterocycles. The average Bonchev–Trinajstić information content (AvgIpc) is 2.99.